The Morgan fingerprint density at radius 3 is 2.20 bits per heavy atom. The lowest BCUT2D eigenvalue weighted by Gasteiger charge is -2.34. The molecule has 15 nitrogen and oxygen atoms in total. The third kappa shape index (κ3) is 7.28. The normalized spacial score (nSPS) is 15.0. The molecule has 3 heterocycles. The number of hydrogen-bond acceptors (Lipinski definition) is 10. The summed E-state index contributed by atoms with van der Waals surface area (Å²) < 4.78 is 22.7. The monoisotopic (exact) mass is 712 g/mol. The molecule has 2 aromatic carbocycles. The number of imidazole rings is 1. The first-order valence-corrected chi connectivity index (χ1v) is 16.3. The van der Waals surface area contributed by atoms with E-state index in [4.69, 9.17) is 35.7 Å². The predicted molar refractivity (Wildman–Crippen MR) is 186 cm³/mol. The zero-order chi connectivity index (χ0) is 36.3. The van der Waals surface area contributed by atoms with Crippen molar-refractivity contribution in [3.8, 4) is 23.0 Å². The molecule has 1 aliphatic heterocycles. The molecule has 16 heteroatoms. The van der Waals surface area contributed by atoms with Crippen LogP contribution in [0.3, 0.4) is 0 Å². The summed E-state index contributed by atoms with van der Waals surface area (Å²) in [6.07, 6.45) is 1.73. The molecule has 4 aromatic rings. The number of carbonyl (C=O) groups is 2. The Labute approximate surface area is 292 Å². The Kier molecular flexibility index (Phi) is 11.1. The second-order valence-electron chi connectivity index (χ2n) is 12.2. The predicted octanol–water partition coefficient (Wildman–Crippen LogP) is 2.91. The minimum absolute atomic E-state index is 0.130. The van der Waals surface area contributed by atoms with Crippen LogP contribution in [0.4, 0.5) is 4.79 Å². The molecule has 0 saturated heterocycles. The second kappa shape index (κ2) is 15.3. The zero-order valence-electron chi connectivity index (χ0n) is 28.9. The van der Waals surface area contributed by atoms with Gasteiger partial charge in [0.15, 0.2) is 34.2 Å². The van der Waals surface area contributed by atoms with Crippen molar-refractivity contribution in [2.75, 3.05) is 61.7 Å². The summed E-state index contributed by atoms with van der Waals surface area (Å²) in [4.78, 5) is 57.2. The number of benzene rings is 2. The molecule has 0 unspecified atom stereocenters. The first-order chi connectivity index (χ1) is 23.9. The highest BCUT2D eigenvalue weighted by molar-refractivity contribution is 6.29. The number of aromatic nitrogens is 4. The Morgan fingerprint density at radius 2 is 1.58 bits per heavy atom. The molecule has 1 atom stereocenters. The smallest absolute Gasteiger partial charge is 0.421 e. The molecule has 0 bridgehead atoms. The summed E-state index contributed by atoms with van der Waals surface area (Å²) in [5.74, 6) is 3.69. The first-order valence-electron chi connectivity index (χ1n) is 16.0. The third-order valence-corrected chi connectivity index (χ3v) is 9.34. The SMILES string of the molecule is COc1cc2c(cc1OC)CC(=O)N(CCCN(C)C[C@H]1Cc3cc(OC)c(OC)cc31)CC2.Cn1c(=O)c2[nH]c(Cl)nc2n(C(=O)O)c1=O. The maximum Gasteiger partial charge on any atom is 0.421 e. The number of amides is 1. The number of H-pyrrole nitrogens is 1. The fraction of sp³-hybridized carbons (Fsp3) is 0.441. The van der Waals surface area contributed by atoms with Crippen LogP contribution in [-0.4, -0.2) is 108 Å². The number of nitrogens with zero attached hydrogens (tertiary/aromatic N) is 5. The van der Waals surface area contributed by atoms with E-state index in [1.165, 1.54) is 16.7 Å². The van der Waals surface area contributed by atoms with Crippen LogP contribution in [0, 0.1) is 0 Å². The lowest BCUT2D eigenvalue weighted by molar-refractivity contribution is -0.130. The van der Waals surface area contributed by atoms with Gasteiger partial charge in [0.05, 0.1) is 34.9 Å². The van der Waals surface area contributed by atoms with Crippen LogP contribution in [-0.2, 0) is 31.1 Å². The van der Waals surface area contributed by atoms with Crippen molar-refractivity contribution in [1.82, 2.24) is 28.9 Å². The molecule has 0 spiro atoms. The van der Waals surface area contributed by atoms with Gasteiger partial charge in [-0.25, -0.2) is 9.59 Å². The van der Waals surface area contributed by atoms with Gasteiger partial charge in [-0.05, 0) is 91.0 Å². The molecule has 2 aliphatic rings. The second-order valence-corrected chi connectivity index (χ2v) is 12.6. The number of likely N-dealkylation sites (N-methyl/N-ethyl adjacent to an activating group) is 1. The van der Waals surface area contributed by atoms with E-state index in [1.807, 2.05) is 17.0 Å². The fourth-order valence-corrected chi connectivity index (χ4v) is 6.64. The van der Waals surface area contributed by atoms with Crippen molar-refractivity contribution in [1.29, 1.82) is 0 Å². The van der Waals surface area contributed by atoms with E-state index in [1.54, 1.807) is 28.4 Å². The maximum absolute atomic E-state index is 12.9. The van der Waals surface area contributed by atoms with Crippen molar-refractivity contribution >= 4 is 34.8 Å². The number of halogens is 1. The Balaban J connectivity index is 0.000000253. The van der Waals surface area contributed by atoms with E-state index < -0.39 is 17.3 Å². The molecule has 268 valence electrons. The molecule has 6 rings (SSSR count). The van der Waals surface area contributed by atoms with E-state index in [0.29, 0.717) is 27.2 Å². The van der Waals surface area contributed by atoms with Gasteiger partial charge in [-0.2, -0.15) is 9.55 Å². The molecule has 2 N–H and O–H groups in total. The van der Waals surface area contributed by atoms with Gasteiger partial charge in [0.2, 0.25) is 11.2 Å². The van der Waals surface area contributed by atoms with Gasteiger partial charge in [0.25, 0.3) is 5.56 Å². The van der Waals surface area contributed by atoms with E-state index in [9.17, 15) is 19.2 Å². The quantitative estimate of drug-likeness (QED) is 0.232. The number of carboxylic acid groups (broad SMARTS) is 1. The standard InChI is InChI=1S/C27H36N2O5.C7H5ClN4O4/c1-28(17-21-11-20-14-25(33-4)26(34-5)16-22(20)21)8-6-9-29-10-7-18-12-23(31-2)24(32-3)13-19(18)15-27(29)30;1-11-4(13)2-3(10-5(8)9-2)12(6(11)14)7(15)16/h12-14,16,21H,6-11,15,17H2,1-5H3;1H3,(H,9,10)(H,15,16)/t21-;/m1./s1. The van der Waals surface area contributed by atoms with Crippen LogP contribution >= 0.6 is 11.6 Å². The number of rotatable bonds is 10. The maximum atomic E-state index is 12.9. The number of aromatic amines is 1. The van der Waals surface area contributed by atoms with E-state index >= 15 is 0 Å². The van der Waals surface area contributed by atoms with Crippen molar-refractivity contribution in [2.45, 2.75) is 31.6 Å². The highest BCUT2D eigenvalue weighted by Crippen LogP contribution is 2.42. The van der Waals surface area contributed by atoms with Gasteiger partial charge >= 0.3 is 11.8 Å². The average Bonchev–Trinajstić information content (AvgIpc) is 3.40. The van der Waals surface area contributed by atoms with Gasteiger partial charge in [0, 0.05) is 32.6 Å². The average molecular weight is 713 g/mol. The van der Waals surface area contributed by atoms with Crippen LogP contribution in [0.2, 0.25) is 5.28 Å². The van der Waals surface area contributed by atoms with Crippen LogP contribution in [0.5, 0.6) is 23.0 Å². The summed E-state index contributed by atoms with van der Waals surface area (Å²) >= 11 is 5.51. The van der Waals surface area contributed by atoms with Crippen molar-refractivity contribution in [3.05, 3.63) is 72.6 Å². The van der Waals surface area contributed by atoms with E-state index in [2.05, 4.69) is 34.0 Å². The summed E-state index contributed by atoms with van der Waals surface area (Å²) in [5, 5.41) is 8.68. The molecule has 2 aromatic heterocycles. The Hall–Kier alpha value is -5.02. The highest BCUT2D eigenvalue weighted by Gasteiger charge is 2.29. The van der Waals surface area contributed by atoms with Gasteiger partial charge < -0.3 is 38.8 Å². The molecule has 50 heavy (non-hydrogen) atoms. The minimum atomic E-state index is -1.53. The molecular weight excluding hydrogens is 672 g/mol. The van der Waals surface area contributed by atoms with E-state index in [-0.39, 0.29) is 22.4 Å². The van der Waals surface area contributed by atoms with Crippen LogP contribution < -0.4 is 30.2 Å². The van der Waals surface area contributed by atoms with Crippen molar-refractivity contribution < 1.29 is 33.6 Å². The lowest BCUT2D eigenvalue weighted by Crippen LogP contribution is -2.40. The lowest BCUT2D eigenvalue weighted by atomic mass is 9.77. The number of methoxy groups -OCH3 is 4. The number of nitrogens with one attached hydrogen (secondary N) is 1. The van der Waals surface area contributed by atoms with E-state index in [0.717, 1.165) is 75.3 Å². The summed E-state index contributed by atoms with van der Waals surface area (Å²) in [5.41, 5.74) is 2.80. The Bertz CT molecular complexity index is 2040. The van der Waals surface area contributed by atoms with Crippen molar-refractivity contribution in [2.24, 2.45) is 7.05 Å². The summed E-state index contributed by atoms with van der Waals surface area (Å²) in [7, 11) is 9.95. The Morgan fingerprint density at radius 1 is 0.980 bits per heavy atom. The largest absolute Gasteiger partial charge is 0.493 e. The number of carbonyl (C=O) groups excluding carboxylic acids is 1. The molecule has 1 aliphatic carbocycles. The molecule has 0 fully saturated rings. The van der Waals surface area contributed by atoms with Crippen LogP contribution in [0.25, 0.3) is 11.2 Å². The number of ether oxygens (including phenoxy) is 4. The van der Waals surface area contributed by atoms with Gasteiger partial charge in [-0.15, -0.1) is 0 Å². The third-order valence-electron chi connectivity index (χ3n) is 9.16. The minimum Gasteiger partial charge on any atom is -0.493 e. The highest BCUT2D eigenvalue weighted by atomic mass is 35.5. The van der Waals surface area contributed by atoms with Crippen molar-refractivity contribution in [3.63, 3.8) is 0 Å². The summed E-state index contributed by atoms with van der Waals surface area (Å²) in [6, 6.07) is 8.18. The zero-order valence-corrected chi connectivity index (χ0v) is 29.6. The van der Waals surface area contributed by atoms with Gasteiger partial charge in [-0.3, -0.25) is 14.2 Å². The summed E-state index contributed by atoms with van der Waals surface area (Å²) in [6.45, 7) is 3.47. The van der Waals surface area contributed by atoms with Crippen LogP contribution in [0.1, 0.15) is 34.6 Å². The molecule has 0 saturated carbocycles. The molecular formula is C34H41ClN6O9. The fourth-order valence-electron chi connectivity index (χ4n) is 6.47. The number of fused-ring (bicyclic) bond motifs is 3. The molecule has 0 radical (unpaired) electrons. The van der Waals surface area contributed by atoms with Gasteiger partial charge in [-0.1, -0.05) is 0 Å². The first kappa shape index (κ1) is 36.3. The number of hydrogen-bond donors (Lipinski definition) is 2. The van der Waals surface area contributed by atoms with Crippen LogP contribution in [0.15, 0.2) is 33.9 Å². The molecule has 1 amide bonds. The topological polar surface area (TPSA) is 170 Å². The van der Waals surface area contributed by atoms with Gasteiger partial charge in [0.1, 0.15) is 0 Å².